The lowest BCUT2D eigenvalue weighted by Gasteiger charge is -2.47. The van der Waals surface area contributed by atoms with Crippen LogP contribution in [-0.2, 0) is 41.5 Å². The average Bonchev–Trinajstić information content (AvgIpc) is 1.82. The summed E-state index contributed by atoms with van der Waals surface area (Å²) in [6.07, 6.45) is -7.83. The number of alkyl halides is 8. The molecule has 0 saturated carbocycles. The van der Waals surface area contributed by atoms with E-state index < -0.39 is 121 Å². The van der Waals surface area contributed by atoms with Gasteiger partial charge in [-0.05, 0) is 95.0 Å². The van der Waals surface area contributed by atoms with E-state index in [2.05, 4.69) is 61.9 Å². The van der Waals surface area contributed by atoms with E-state index >= 15 is 8.78 Å². The van der Waals surface area contributed by atoms with Gasteiger partial charge in [0.2, 0.25) is 11.9 Å². The predicted octanol–water partition coefficient (Wildman–Crippen LogP) is 7.27. The van der Waals surface area contributed by atoms with Crippen LogP contribution in [-0.4, -0.2) is 166 Å². The first-order chi connectivity index (χ1) is 42.0. The van der Waals surface area contributed by atoms with Crippen LogP contribution in [0.1, 0.15) is 79.7 Å². The molecule has 3 aliphatic rings. The number of carbonyl (C=O) groups is 5. The number of fused-ring (bicyclic) bond motifs is 2. The van der Waals surface area contributed by atoms with Gasteiger partial charge in [-0.2, -0.15) is 40.2 Å². The van der Waals surface area contributed by atoms with Crippen LogP contribution in [0.4, 0.5) is 59.4 Å². The summed E-state index contributed by atoms with van der Waals surface area (Å²) in [6, 6.07) is 4.87. The fourth-order valence-electron chi connectivity index (χ4n) is 10.3. The van der Waals surface area contributed by atoms with Gasteiger partial charge in [-0.1, -0.05) is 24.0 Å². The molecule has 0 spiro atoms. The summed E-state index contributed by atoms with van der Waals surface area (Å²) in [5, 5.41) is 10.2. The monoisotopic (exact) mass is 1260 g/mol. The lowest BCUT2D eigenvalue weighted by molar-refractivity contribution is -0.221. The van der Waals surface area contributed by atoms with Crippen LogP contribution < -0.4 is 26.3 Å². The van der Waals surface area contributed by atoms with Gasteiger partial charge in [0.1, 0.15) is 29.8 Å². The van der Waals surface area contributed by atoms with Crippen LogP contribution in [0, 0.1) is 34.3 Å². The van der Waals surface area contributed by atoms with Crippen LogP contribution in [0.5, 0.6) is 0 Å². The average molecular weight is 1260 g/mol. The topological polar surface area (TPSA) is 237 Å². The number of pyridine rings is 1. The standard InChI is InChI=1S/C58H62F10N12O9/c1-55(2,57(63,64)65)46(73-53(84)86-5)48(81)72-44(20-33-12-9-32(10-13-33)11-14-34-23-70-52(71-24-34)77-26-37-15-16-38(27-77)80(37)39-30-88-31-39)45(89-50(83)35-8-7-18-69-25-35)29-78(76-49(82)47(74-54(85)87-6)56(3,4)58(66,67)68)28-40-41(59)21-36(22-42(40)60)43-17-19-79(75-43)51(61)62/h7-10,12-13,17-19,21-25,37-39,44-47,51H,15-16,20,26-31H2,1-6H3,(H,72,81)(H,73,84)(H,74,85)(H,76,82)/t37?,38?,44-,45-,46+,47+/m0/s1. The highest BCUT2D eigenvalue weighted by Crippen LogP contribution is 2.42. The summed E-state index contributed by atoms with van der Waals surface area (Å²) in [5.74, 6) is -1.01. The zero-order valence-corrected chi connectivity index (χ0v) is 48.6. The second kappa shape index (κ2) is 27.4. The summed E-state index contributed by atoms with van der Waals surface area (Å²) < 4.78 is 170. The number of benzene rings is 2. The maximum atomic E-state index is 16.4. The molecule has 478 valence electrons. The number of piperazine rings is 1. The number of hydrogen-bond acceptors (Lipinski definition) is 16. The maximum Gasteiger partial charge on any atom is 0.407 e. The number of carbonyl (C=O) groups excluding carboxylic acids is 5. The van der Waals surface area contributed by atoms with Gasteiger partial charge >= 0.3 is 37.1 Å². The van der Waals surface area contributed by atoms with Crippen LogP contribution >= 0.6 is 0 Å². The smallest absolute Gasteiger partial charge is 0.407 e. The molecule has 5 aromatic rings. The van der Waals surface area contributed by atoms with E-state index in [1.807, 2.05) is 5.32 Å². The van der Waals surface area contributed by atoms with E-state index in [9.17, 15) is 59.1 Å². The van der Waals surface area contributed by atoms with Crippen molar-refractivity contribution in [1.29, 1.82) is 0 Å². The molecule has 6 atom stereocenters. The van der Waals surface area contributed by atoms with Crippen molar-refractivity contribution in [1.82, 2.24) is 56.0 Å². The van der Waals surface area contributed by atoms with E-state index in [0.29, 0.717) is 80.0 Å². The van der Waals surface area contributed by atoms with Crippen LogP contribution in [0.15, 0.2) is 85.6 Å². The van der Waals surface area contributed by atoms with E-state index in [4.69, 9.17) is 9.47 Å². The number of alkyl carbamates (subject to hydrolysis) is 2. The Morgan fingerprint density at radius 2 is 1.33 bits per heavy atom. The second-order valence-corrected chi connectivity index (χ2v) is 22.5. The second-order valence-electron chi connectivity index (χ2n) is 22.5. The van der Waals surface area contributed by atoms with E-state index in [1.165, 1.54) is 42.6 Å². The molecular formula is C58H62F10N12O9. The van der Waals surface area contributed by atoms with Crippen molar-refractivity contribution in [3.8, 4) is 23.1 Å². The maximum absolute atomic E-state index is 16.4. The molecule has 89 heavy (non-hydrogen) atoms. The number of nitrogens with one attached hydrogen (secondary N) is 4. The normalized spacial score (nSPS) is 17.8. The number of halogens is 10. The largest absolute Gasteiger partial charge is 0.455 e. The Bertz CT molecular complexity index is 3360. The molecule has 6 heterocycles. The van der Waals surface area contributed by atoms with Crippen LogP contribution in [0.3, 0.4) is 0 Å². The lowest BCUT2D eigenvalue weighted by Crippen LogP contribution is -2.64. The van der Waals surface area contributed by atoms with E-state index in [0.717, 1.165) is 71.8 Å². The van der Waals surface area contributed by atoms with Gasteiger partial charge < -0.3 is 39.8 Å². The van der Waals surface area contributed by atoms with Crippen molar-refractivity contribution >= 4 is 35.9 Å². The number of hydrogen-bond donors (Lipinski definition) is 4. The molecule has 0 aliphatic carbocycles. The Morgan fingerprint density at radius 3 is 1.83 bits per heavy atom. The van der Waals surface area contributed by atoms with Crippen molar-refractivity contribution in [2.45, 2.75) is 115 Å². The number of rotatable bonds is 21. The Morgan fingerprint density at radius 1 is 0.753 bits per heavy atom. The minimum Gasteiger partial charge on any atom is -0.455 e. The molecule has 3 aliphatic heterocycles. The van der Waals surface area contributed by atoms with Gasteiger partial charge in [0.15, 0.2) is 0 Å². The zero-order valence-electron chi connectivity index (χ0n) is 48.6. The molecule has 2 unspecified atom stereocenters. The number of aromatic nitrogens is 5. The van der Waals surface area contributed by atoms with E-state index in [-0.39, 0.29) is 27.1 Å². The number of anilines is 1. The highest BCUT2D eigenvalue weighted by atomic mass is 19.4. The molecule has 21 nitrogen and oxygen atoms in total. The molecule has 3 aromatic heterocycles. The Labute approximate surface area is 503 Å². The van der Waals surface area contributed by atoms with Crippen LogP contribution in [0.25, 0.3) is 11.3 Å². The number of nitrogens with zero attached hydrogens (tertiary/aromatic N) is 8. The molecule has 31 heteroatoms. The third kappa shape index (κ3) is 15.6. The SMILES string of the molecule is COC(=O)N[C@H](C(=O)N[C@@H](Cc1ccc(C#Cc2cnc(N3CC4CCC(C3)N4C3COC3)nc2)cc1)[C@H](CN(Cc1c(F)cc(-c2ccn(C(F)F)n2)cc1F)NC(=O)[C@@H](NC(=O)OC)C(C)(C)C(F)(F)F)OC(=O)c1cccnc1)C(C)(C)C(F)(F)F. The molecule has 4 amide bonds. The number of ether oxygens (including phenoxy) is 4. The fraction of sp³-hybridized carbons (Fsp3) is 0.466. The highest BCUT2D eigenvalue weighted by Gasteiger charge is 2.57. The summed E-state index contributed by atoms with van der Waals surface area (Å²) in [5.41, 5.74) is -5.15. The van der Waals surface area contributed by atoms with Gasteiger partial charge in [-0.15, -0.1) is 0 Å². The van der Waals surface area contributed by atoms with Crippen molar-refractivity contribution in [2.75, 3.05) is 52.0 Å². The Balaban J connectivity index is 1.17. The van der Waals surface area contributed by atoms with Gasteiger partial charge in [-0.3, -0.25) is 24.9 Å². The van der Waals surface area contributed by atoms with Gasteiger partial charge in [0.25, 0.3) is 5.91 Å². The Kier molecular flexibility index (Phi) is 20.4. The van der Waals surface area contributed by atoms with E-state index in [1.54, 1.807) is 17.7 Å². The van der Waals surface area contributed by atoms with Crippen molar-refractivity contribution < 1.29 is 86.8 Å². The summed E-state index contributed by atoms with van der Waals surface area (Å²) in [7, 11) is 1.58. The zero-order chi connectivity index (χ0) is 64.8. The third-order valence-corrected chi connectivity index (χ3v) is 15.8. The third-order valence-electron chi connectivity index (χ3n) is 15.8. The number of amides is 4. The van der Waals surface area contributed by atoms with Gasteiger partial charge in [-0.25, -0.2) is 42.8 Å². The predicted molar refractivity (Wildman–Crippen MR) is 295 cm³/mol. The molecule has 2 bridgehead atoms. The first-order valence-electron chi connectivity index (χ1n) is 27.6. The first-order valence-corrected chi connectivity index (χ1v) is 27.6. The molecule has 0 radical (unpaired) electrons. The summed E-state index contributed by atoms with van der Waals surface area (Å²) in [4.78, 5) is 86.3. The minimum atomic E-state index is -5.29. The molecule has 8 rings (SSSR count). The molecule has 2 aromatic carbocycles. The summed E-state index contributed by atoms with van der Waals surface area (Å²) >= 11 is 0. The van der Waals surface area contributed by atoms with Gasteiger partial charge in [0, 0.05) is 79.4 Å². The Hall–Kier alpha value is -8.63. The lowest BCUT2D eigenvalue weighted by atomic mass is 9.82. The highest BCUT2D eigenvalue weighted by molar-refractivity contribution is 5.90. The quantitative estimate of drug-likeness (QED) is 0.0186. The molecule has 3 fully saturated rings. The van der Waals surface area contributed by atoms with Crippen molar-refractivity contribution in [3.05, 3.63) is 125 Å². The molecule has 3 saturated heterocycles. The van der Waals surface area contributed by atoms with Crippen molar-refractivity contribution in [3.63, 3.8) is 0 Å². The number of methoxy groups -OCH3 is 2. The van der Waals surface area contributed by atoms with Crippen molar-refractivity contribution in [2.24, 2.45) is 10.8 Å². The number of hydrazine groups is 1. The fourth-order valence-corrected chi connectivity index (χ4v) is 10.3. The summed E-state index contributed by atoms with van der Waals surface area (Å²) in [6.45, 7) is -0.371. The molecular weight excluding hydrogens is 1200 g/mol. The van der Waals surface area contributed by atoms with Gasteiger partial charge in [0.05, 0.1) is 73.7 Å². The van der Waals surface area contributed by atoms with Crippen LogP contribution in [0.2, 0.25) is 0 Å². The minimum absolute atomic E-state index is 0.188. The first kappa shape index (κ1) is 66.3. The molecule has 4 N–H and O–H groups in total. The number of esters is 1.